The van der Waals surface area contributed by atoms with E-state index in [-0.39, 0.29) is 5.91 Å². The molecule has 4 nitrogen and oxygen atoms in total. The van der Waals surface area contributed by atoms with Crippen LogP contribution in [0, 0.1) is 5.92 Å². The van der Waals surface area contributed by atoms with E-state index in [0.29, 0.717) is 12.3 Å². The van der Waals surface area contributed by atoms with Gasteiger partial charge in [0, 0.05) is 18.2 Å². The quantitative estimate of drug-likeness (QED) is 0.752. The van der Waals surface area contributed by atoms with Gasteiger partial charge in [-0.2, -0.15) is 0 Å². The van der Waals surface area contributed by atoms with Crippen LogP contribution in [0.4, 0.5) is 5.69 Å². The van der Waals surface area contributed by atoms with Crippen LogP contribution < -0.4 is 5.32 Å². The minimum Gasteiger partial charge on any atom is -0.478 e. The molecule has 1 atom stereocenters. The van der Waals surface area contributed by atoms with Crippen molar-refractivity contribution in [1.82, 2.24) is 0 Å². The van der Waals surface area contributed by atoms with E-state index in [1.54, 1.807) is 12.1 Å². The van der Waals surface area contributed by atoms with E-state index >= 15 is 0 Å². The Labute approximate surface area is 125 Å². The molecule has 0 radical (unpaired) electrons. The van der Waals surface area contributed by atoms with Gasteiger partial charge in [0.15, 0.2) is 0 Å². The Morgan fingerprint density at radius 1 is 1.33 bits per heavy atom. The number of amides is 1. The molecule has 0 heterocycles. The Kier molecular flexibility index (Phi) is 6.66. The van der Waals surface area contributed by atoms with E-state index in [0.717, 1.165) is 35.7 Å². The monoisotopic (exact) mass is 289 g/mol. The zero-order chi connectivity index (χ0) is 15.8. The first-order valence-electron chi connectivity index (χ1n) is 7.30. The summed E-state index contributed by atoms with van der Waals surface area (Å²) in [5.74, 6) is -0.584. The molecule has 0 aliphatic rings. The third kappa shape index (κ3) is 5.81. The third-order valence-electron chi connectivity index (χ3n) is 3.43. The molecule has 0 aliphatic heterocycles. The lowest BCUT2D eigenvalue weighted by Crippen LogP contribution is -2.15. The fourth-order valence-corrected chi connectivity index (χ4v) is 1.96. The highest BCUT2D eigenvalue weighted by atomic mass is 16.4. The average Bonchev–Trinajstić information content (AvgIpc) is 2.45. The molecule has 0 aliphatic carbocycles. The average molecular weight is 289 g/mol. The highest BCUT2D eigenvalue weighted by Crippen LogP contribution is 2.20. The molecule has 0 saturated heterocycles. The Morgan fingerprint density at radius 2 is 2.05 bits per heavy atom. The highest BCUT2D eigenvalue weighted by Gasteiger charge is 2.09. The topological polar surface area (TPSA) is 66.4 Å². The highest BCUT2D eigenvalue weighted by molar-refractivity contribution is 5.92. The zero-order valence-electron chi connectivity index (χ0n) is 12.8. The lowest BCUT2D eigenvalue weighted by molar-refractivity contribution is -0.131. The number of nitrogens with one attached hydrogen (secondary N) is 1. The van der Waals surface area contributed by atoms with Crippen LogP contribution in [-0.2, 0) is 16.0 Å². The molecular formula is C17H23NO3. The van der Waals surface area contributed by atoms with Crippen molar-refractivity contribution < 1.29 is 14.7 Å². The number of aryl methyl sites for hydroxylation is 1. The molecule has 1 unspecified atom stereocenters. The molecule has 0 spiro atoms. The van der Waals surface area contributed by atoms with Gasteiger partial charge in [-0.25, -0.2) is 4.79 Å². The van der Waals surface area contributed by atoms with Crippen molar-refractivity contribution in [2.45, 2.75) is 40.0 Å². The second-order valence-electron chi connectivity index (χ2n) is 5.21. The minimum absolute atomic E-state index is 0.0212. The number of benzene rings is 1. The van der Waals surface area contributed by atoms with Crippen LogP contribution in [0.5, 0.6) is 0 Å². The molecule has 0 fully saturated rings. The van der Waals surface area contributed by atoms with Crippen molar-refractivity contribution in [2.24, 2.45) is 5.92 Å². The number of rotatable bonds is 7. The number of carbonyl (C=O) groups excluding carboxylic acids is 1. The Bertz CT molecular complexity index is 535. The second-order valence-corrected chi connectivity index (χ2v) is 5.21. The number of aliphatic carboxylic acids is 1. The first-order valence-corrected chi connectivity index (χ1v) is 7.30. The van der Waals surface area contributed by atoms with Crippen molar-refractivity contribution in [1.29, 1.82) is 0 Å². The van der Waals surface area contributed by atoms with Crippen molar-refractivity contribution >= 4 is 23.6 Å². The van der Waals surface area contributed by atoms with Gasteiger partial charge in [0.05, 0.1) is 0 Å². The lowest BCUT2D eigenvalue weighted by atomic mass is 10.0. The number of carboxylic acid groups (broad SMARTS) is 1. The summed E-state index contributed by atoms with van der Waals surface area (Å²) >= 11 is 0. The molecule has 21 heavy (non-hydrogen) atoms. The largest absolute Gasteiger partial charge is 0.478 e. The van der Waals surface area contributed by atoms with Crippen LogP contribution in [0.15, 0.2) is 24.3 Å². The predicted octanol–water partition coefficient (Wildman–Crippen LogP) is 3.72. The Hall–Kier alpha value is -2.10. The van der Waals surface area contributed by atoms with Gasteiger partial charge in [-0.05, 0) is 41.7 Å². The molecule has 2 N–H and O–H groups in total. The van der Waals surface area contributed by atoms with Crippen molar-refractivity contribution in [3.05, 3.63) is 35.4 Å². The molecule has 0 bridgehead atoms. The number of anilines is 1. The summed E-state index contributed by atoms with van der Waals surface area (Å²) in [5.41, 5.74) is 2.62. The first-order chi connectivity index (χ1) is 9.96. The number of carboxylic acids is 1. The number of hydrogen-bond acceptors (Lipinski definition) is 2. The van der Waals surface area contributed by atoms with Crippen molar-refractivity contribution in [2.75, 3.05) is 5.32 Å². The summed E-state index contributed by atoms with van der Waals surface area (Å²) in [4.78, 5) is 22.5. The smallest absolute Gasteiger partial charge is 0.328 e. The molecule has 1 amide bonds. The normalized spacial score (nSPS) is 12.3. The van der Waals surface area contributed by atoms with E-state index in [4.69, 9.17) is 5.11 Å². The van der Waals surface area contributed by atoms with Crippen LogP contribution >= 0.6 is 0 Å². The zero-order valence-corrected chi connectivity index (χ0v) is 12.8. The maximum atomic E-state index is 11.9. The van der Waals surface area contributed by atoms with Gasteiger partial charge in [0.25, 0.3) is 0 Å². The molecule has 1 aromatic rings. The van der Waals surface area contributed by atoms with E-state index in [9.17, 15) is 9.59 Å². The van der Waals surface area contributed by atoms with E-state index in [1.807, 2.05) is 19.1 Å². The van der Waals surface area contributed by atoms with Gasteiger partial charge in [-0.3, -0.25) is 4.79 Å². The van der Waals surface area contributed by atoms with Gasteiger partial charge in [-0.1, -0.05) is 33.3 Å². The number of hydrogen-bond donors (Lipinski definition) is 2. The molecular weight excluding hydrogens is 266 g/mol. The van der Waals surface area contributed by atoms with Gasteiger partial charge in [-0.15, -0.1) is 0 Å². The van der Waals surface area contributed by atoms with Crippen LogP contribution in [0.1, 0.15) is 44.7 Å². The fourth-order valence-electron chi connectivity index (χ4n) is 1.96. The first kappa shape index (κ1) is 17.0. The summed E-state index contributed by atoms with van der Waals surface area (Å²) in [5, 5.41) is 11.6. The van der Waals surface area contributed by atoms with Crippen molar-refractivity contribution in [3.63, 3.8) is 0 Å². The number of carbonyl (C=O) groups is 2. The van der Waals surface area contributed by atoms with Crippen LogP contribution in [0.3, 0.4) is 0 Å². The molecule has 114 valence electrons. The van der Waals surface area contributed by atoms with E-state index in [2.05, 4.69) is 19.2 Å². The van der Waals surface area contributed by atoms with Crippen LogP contribution in [0.2, 0.25) is 0 Å². The third-order valence-corrected chi connectivity index (χ3v) is 3.43. The van der Waals surface area contributed by atoms with E-state index < -0.39 is 5.97 Å². The van der Waals surface area contributed by atoms with Gasteiger partial charge in [0.1, 0.15) is 0 Å². The van der Waals surface area contributed by atoms with Crippen LogP contribution in [0.25, 0.3) is 6.08 Å². The Morgan fingerprint density at radius 3 is 2.62 bits per heavy atom. The summed E-state index contributed by atoms with van der Waals surface area (Å²) in [6, 6.07) is 5.53. The Balaban J connectivity index is 2.84. The molecule has 0 aromatic heterocycles. The summed E-state index contributed by atoms with van der Waals surface area (Å²) in [7, 11) is 0. The van der Waals surface area contributed by atoms with Crippen LogP contribution in [-0.4, -0.2) is 17.0 Å². The van der Waals surface area contributed by atoms with Gasteiger partial charge in [0.2, 0.25) is 5.91 Å². The summed E-state index contributed by atoms with van der Waals surface area (Å²) in [6.45, 7) is 6.13. The lowest BCUT2D eigenvalue weighted by Gasteiger charge is -2.13. The summed E-state index contributed by atoms with van der Waals surface area (Å²) in [6.07, 6.45) is 4.92. The molecule has 4 heteroatoms. The SMILES string of the molecule is CCc1cc(/C=C/C(=O)O)ccc1NC(=O)CC(C)CC. The standard InChI is InChI=1S/C17H23NO3/c1-4-12(3)10-16(19)18-15-8-6-13(7-9-17(20)21)11-14(15)5-2/h6-9,11-12H,4-5,10H2,1-3H3,(H,18,19)(H,20,21)/b9-7+. The molecule has 1 aromatic carbocycles. The second kappa shape index (κ2) is 8.25. The van der Waals surface area contributed by atoms with Crippen molar-refractivity contribution in [3.8, 4) is 0 Å². The summed E-state index contributed by atoms with van der Waals surface area (Å²) < 4.78 is 0. The maximum absolute atomic E-state index is 11.9. The van der Waals surface area contributed by atoms with Gasteiger partial charge < -0.3 is 10.4 Å². The molecule has 1 rings (SSSR count). The predicted molar refractivity (Wildman–Crippen MR) is 85.2 cm³/mol. The van der Waals surface area contributed by atoms with E-state index in [1.165, 1.54) is 0 Å². The minimum atomic E-state index is -0.973. The fraction of sp³-hybridized carbons (Fsp3) is 0.412. The molecule has 0 saturated carbocycles. The maximum Gasteiger partial charge on any atom is 0.328 e. The van der Waals surface area contributed by atoms with Gasteiger partial charge >= 0.3 is 5.97 Å².